The fourth-order valence-electron chi connectivity index (χ4n) is 2.89. The van der Waals surface area contributed by atoms with E-state index in [4.69, 9.17) is 0 Å². The Kier molecular flexibility index (Phi) is 2.56. The number of nitrogens with one attached hydrogen (secondary N) is 1. The van der Waals surface area contributed by atoms with Gasteiger partial charge in [0.05, 0.1) is 0 Å². The molecule has 0 amide bonds. The predicted octanol–water partition coefficient (Wildman–Crippen LogP) is 1.85. The van der Waals surface area contributed by atoms with Crippen LogP contribution in [0.15, 0.2) is 29.8 Å². The zero-order chi connectivity index (χ0) is 11.8. The van der Waals surface area contributed by atoms with E-state index in [-0.39, 0.29) is 0 Å². The third-order valence-corrected chi connectivity index (χ3v) is 3.76. The first-order valence-electron chi connectivity index (χ1n) is 6.19. The predicted molar refractivity (Wildman–Crippen MR) is 69.7 cm³/mol. The van der Waals surface area contributed by atoms with Crippen molar-refractivity contribution in [3.8, 4) is 5.75 Å². The SMILES string of the molecule is CN1CC(C2=CCCNC2)c2cc(O)ccc21. The average Bonchev–Trinajstić information content (AvgIpc) is 2.67. The van der Waals surface area contributed by atoms with Gasteiger partial charge in [0, 0.05) is 31.7 Å². The largest absolute Gasteiger partial charge is 0.508 e. The first-order valence-corrected chi connectivity index (χ1v) is 6.19. The molecular weight excluding hydrogens is 212 g/mol. The van der Waals surface area contributed by atoms with Gasteiger partial charge in [0.1, 0.15) is 5.75 Å². The van der Waals surface area contributed by atoms with Gasteiger partial charge >= 0.3 is 0 Å². The summed E-state index contributed by atoms with van der Waals surface area (Å²) in [6.07, 6.45) is 3.47. The zero-order valence-corrected chi connectivity index (χ0v) is 10.1. The molecule has 3 rings (SSSR count). The summed E-state index contributed by atoms with van der Waals surface area (Å²) in [5.74, 6) is 0.809. The summed E-state index contributed by atoms with van der Waals surface area (Å²) < 4.78 is 0. The van der Waals surface area contributed by atoms with E-state index in [0.717, 1.165) is 26.1 Å². The highest BCUT2D eigenvalue weighted by Gasteiger charge is 2.29. The number of phenolic OH excluding ortho intramolecular Hbond substituents is 1. The van der Waals surface area contributed by atoms with Gasteiger partial charge in [-0.2, -0.15) is 0 Å². The minimum Gasteiger partial charge on any atom is -0.508 e. The van der Waals surface area contributed by atoms with Gasteiger partial charge < -0.3 is 15.3 Å². The summed E-state index contributed by atoms with van der Waals surface area (Å²) in [7, 11) is 2.12. The molecule has 3 heteroatoms. The van der Waals surface area contributed by atoms with Gasteiger partial charge in [0.2, 0.25) is 0 Å². The van der Waals surface area contributed by atoms with Crippen molar-refractivity contribution >= 4 is 5.69 Å². The lowest BCUT2D eigenvalue weighted by Gasteiger charge is -2.20. The minimum absolute atomic E-state index is 0.369. The van der Waals surface area contributed by atoms with Crippen molar-refractivity contribution in [3.63, 3.8) is 0 Å². The molecule has 0 saturated carbocycles. The molecule has 0 aliphatic carbocycles. The standard InChI is InChI=1S/C14H18N2O/c1-16-9-13(10-3-2-6-15-8-10)12-7-11(17)4-5-14(12)16/h3-5,7,13,15,17H,2,6,8-9H2,1H3. The Morgan fingerprint density at radius 1 is 1.41 bits per heavy atom. The van der Waals surface area contributed by atoms with Crippen LogP contribution in [0.4, 0.5) is 5.69 Å². The van der Waals surface area contributed by atoms with Gasteiger partial charge in [-0.15, -0.1) is 0 Å². The van der Waals surface area contributed by atoms with Gasteiger partial charge in [-0.1, -0.05) is 11.6 Å². The van der Waals surface area contributed by atoms with Crippen molar-refractivity contribution in [2.24, 2.45) is 0 Å². The van der Waals surface area contributed by atoms with Crippen molar-refractivity contribution in [1.29, 1.82) is 0 Å². The second kappa shape index (κ2) is 4.08. The van der Waals surface area contributed by atoms with Crippen LogP contribution in [0.25, 0.3) is 0 Å². The molecule has 0 radical (unpaired) electrons. The van der Waals surface area contributed by atoms with Crippen LogP contribution < -0.4 is 10.2 Å². The first kappa shape index (κ1) is 10.7. The highest BCUT2D eigenvalue weighted by atomic mass is 16.3. The third-order valence-electron chi connectivity index (χ3n) is 3.76. The molecule has 0 spiro atoms. The highest BCUT2D eigenvalue weighted by Crippen LogP contribution is 2.41. The summed E-state index contributed by atoms with van der Waals surface area (Å²) in [5.41, 5.74) is 3.98. The topological polar surface area (TPSA) is 35.5 Å². The second-order valence-corrected chi connectivity index (χ2v) is 4.92. The Morgan fingerprint density at radius 2 is 2.29 bits per heavy atom. The number of rotatable bonds is 1. The molecule has 2 N–H and O–H groups in total. The van der Waals surface area contributed by atoms with Crippen LogP contribution in [0.5, 0.6) is 5.75 Å². The van der Waals surface area contributed by atoms with Crippen LogP contribution in [-0.2, 0) is 0 Å². The summed E-state index contributed by atoms with van der Waals surface area (Å²) in [5, 5.41) is 13.1. The fourth-order valence-corrected chi connectivity index (χ4v) is 2.89. The molecule has 2 aliphatic rings. The van der Waals surface area contributed by atoms with E-state index in [9.17, 15) is 5.11 Å². The smallest absolute Gasteiger partial charge is 0.116 e. The number of fused-ring (bicyclic) bond motifs is 1. The number of aromatic hydroxyl groups is 1. The molecule has 0 bridgehead atoms. The zero-order valence-electron chi connectivity index (χ0n) is 10.1. The first-order chi connectivity index (χ1) is 8.25. The Labute approximate surface area is 102 Å². The number of phenols is 1. The van der Waals surface area contributed by atoms with Gasteiger partial charge in [-0.3, -0.25) is 0 Å². The summed E-state index contributed by atoms with van der Waals surface area (Å²) in [6, 6.07) is 5.70. The van der Waals surface area contributed by atoms with Gasteiger partial charge in [-0.05, 0) is 36.7 Å². The molecule has 0 aromatic heterocycles. The fraction of sp³-hybridized carbons (Fsp3) is 0.429. The molecule has 0 fully saturated rings. The monoisotopic (exact) mass is 230 g/mol. The van der Waals surface area contributed by atoms with E-state index in [1.54, 1.807) is 6.07 Å². The lowest BCUT2D eigenvalue weighted by molar-refractivity contribution is 0.474. The van der Waals surface area contributed by atoms with Gasteiger partial charge in [0.15, 0.2) is 0 Å². The van der Waals surface area contributed by atoms with E-state index < -0.39 is 0 Å². The lowest BCUT2D eigenvalue weighted by Crippen LogP contribution is -2.27. The molecule has 17 heavy (non-hydrogen) atoms. The molecule has 1 atom stereocenters. The minimum atomic E-state index is 0.369. The van der Waals surface area contributed by atoms with Crippen LogP contribution >= 0.6 is 0 Å². The van der Waals surface area contributed by atoms with Gasteiger partial charge in [-0.25, -0.2) is 0 Å². The number of hydrogen-bond acceptors (Lipinski definition) is 3. The Hall–Kier alpha value is -1.48. The molecule has 1 aromatic rings. The van der Waals surface area contributed by atoms with Crippen molar-refractivity contribution in [2.75, 3.05) is 31.6 Å². The highest BCUT2D eigenvalue weighted by molar-refractivity contribution is 5.64. The van der Waals surface area contributed by atoms with E-state index in [2.05, 4.69) is 23.3 Å². The summed E-state index contributed by atoms with van der Waals surface area (Å²) in [6.45, 7) is 3.08. The van der Waals surface area contributed by atoms with Gasteiger partial charge in [0.25, 0.3) is 0 Å². The number of anilines is 1. The summed E-state index contributed by atoms with van der Waals surface area (Å²) >= 11 is 0. The van der Waals surface area contributed by atoms with Crippen LogP contribution in [0, 0.1) is 0 Å². The van der Waals surface area contributed by atoms with E-state index in [0.29, 0.717) is 11.7 Å². The normalized spacial score (nSPS) is 23.5. The molecule has 2 aliphatic heterocycles. The molecule has 90 valence electrons. The van der Waals surface area contributed by atoms with Crippen LogP contribution in [0.2, 0.25) is 0 Å². The van der Waals surface area contributed by atoms with E-state index >= 15 is 0 Å². The molecule has 0 saturated heterocycles. The number of nitrogens with zero attached hydrogens (tertiary/aromatic N) is 1. The average molecular weight is 230 g/mol. The summed E-state index contributed by atoms with van der Waals surface area (Å²) in [4.78, 5) is 2.27. The molecule has 2 heterocycles. The molecule has 1 aromatic carbocycles. The quantitative estimate of drug-likeness (QED) is 0.723. The third kappa shape index (κ3) is 1.80. The van der Waals surface area contributed by atoms with Crippen molar-refractivity contribution < 1.29 is 5.11 Å². The molecule has 3 nitrogen and oxygen atoms in total. The van der Waals surface area contributed by atoms with Crippen molar-refractivity contribution in [2.45, 2.75) is 12.3 Å². The van der Waals surface area contributed by atoms with Crippen LogP contribution in [0.1, 0.15) is 17.9 Å². The van der Waals surface area contributed by atoms with E-state index in [1.165, 1.54) is 16.8 Å². The maximum atomic E-state index is 9.65. The number of hydrogen-bond donors (Lipinski definition) is 2. The van der Waals surface area contributed by atoms with Crippen molar-refractivity contribution in [1.82, 2.24) is 5.32 Å². The molecule has 1 unspecified atom stereocenters. The van der Waals surface area contributed by atoms with Crippen LogP contribution in [0.3, 0.4) is 0 Å². The number of likely N-dealkylation sites (N-methyl/N-ethyl adjacent to an activating group) is 1. The maximum absolute atomic E-state index is 9.65. The maximum Gasteiger partial charge on any atom is 0.116 e. The lowest BCUT2D eigenvalue weighted by atomic mass is 9.90. The van der Waals surface area contributed by atoms with E-state index in [1.807, 2.05) is 12.1 Å². The number of benzene rings is 1. The Morgan fingerprint density at radius 3 is 3.06 bits per heavy atom. The second-order valence-electron chi connectivity index (χ2n) is 4.92. The Bertz CT molecular complexity index is 467. The van der Waals surface area contributed by atoms with Crippen molar-refractivity contribution in [3.05, 3.63) is 35.4 Å². The molecular formula is C14H18N2O. The Balaban J connectivity index is 1.99. The van der Waals surface area contributed by atoms with Crippen LogP contribution in [-0.4, -0.2) is 31.8 Å².